The van der Waals surface area contributed by atoms with Crippen molar-refractivity contribution in [2.24, 2.45) is 5.41 Å². The van der Waals surface area contributed by atoms with Crippen LogP contribution in [0.4, 0.5) is 0 Å². The van der Waals surface area contributed by atoms with Gasteiger partial charge in [0.05, 0.1) is 0 Å². The van der Waals surface area contributed by atoms with E-state index in [1.165, 1.54) is 45.3 Å². The molecule has 16 heavy (non-hydrogen) atoms. The number of hydrogen-bond acceptors (Lipinski definition) is 2. The van der Waals surface area contributed by atoms with Crippen molar-refractivity contribution in [3.05, 3.63) is 0 Å². The Kier molecular flexibility index (Phi) is 3.33. The average Bonchev–Trinajstić information content (AvgIpc) is 2.64. The molecule has 1 unspecified atom stereocenters. The molecule has 1 saturated heterocycles. The van der Waals surface area contributed by atoms with Gasteiger partial charge in [-0.05, 0) is 25.2 Å². The van der Waals surface area contributed by atoms with Gasteiger partial charge in [-0.3, -0.25) is 4.90 Å². The third kappa shape index (κ3) is 2.43. The third-order valence-electron chi connectivity index (χ3n) is 4.77. The Hall–Kier alpha value is -0.0800. The van der Waals surface area contributed by atoms with Crippen LogP contribution in [0.15, 0.2) is 0 Å². The monoisotopic (exact) mass is 224 g/mol. The highest BCUT2D eigenvalue weighted by molar-refractivity contribution is 5.00. The van der Waals surface area contributed by atoms with Gasteiger partial charge in [0.25, 0.3) is 0 Å². The lowest BCUT2D eigenvalue weighted by Crippen LogP contribution is -2.62. The fourth-order valence-electron chi connectivity index (χ4n) is 3.25. The largest absolute Gasteiger partial charge is 0.309 e. The Morgan fingerprint density at radius 2 is 1.81 bits per heavy atom. The second kappa shape index (κ2) is 4.30. The molecular weight excluding hydrogens is 196 g/mol. The zero-order valence-corrected chi connectivity index (χ0v) is 11.5. The highest BCUT2D eigenvalue weighted by atomic mass is 15.2. The SMILES string of the molecule is CC(N1CCNC2(CCCC2)C1)C(C)(C)C. The standard InChI is InChI=1S/C14H28N2/c1-12(13(2,3)4)16-10-9-15-14(11-16)7-5-6-8-14/h12,15H,5-11H2,1-4H3. The molecule has 2 fully saturated rings. The summed E-state index contributed by atoms with van der Waals surface area (Å²) in [6.45, 7) is 13.2. The molecule has 0 radical (unpaired) electrons. The first-order valence-electron chi connectivity index (χ1n) is 6.92. The van der Waals surface area contributed by atoms with Gasteiger partial charge in [-0.15, -0.1) is 0 Å². The molecular formula is C14H28N2. The molecule has 1 atom stereocenters. The van der Waals surface area contributed by atoms with Crippen LogP contribution in [0.3, 0.4) is 0 Å². The van der Waals surface area contributed by atoms with E-state index in [0.29, 0.717) is 17.0 Å². The van der Waals surface area contributed by atoms with Gasteiger partial charge in [0, 0.05) is 31.2 Å². The van der Waals surface area contributed by atoms with Crippen molar-refractivity contribution in [2.45, 2.75) is 65.0 Å². The van der Waals surface area contributed by atoms with E-state index < -0.39 is 0 Å². The Balaban J connectivity index is 2.01. The molecule has 1 aliphatic heterocycles. The van der Waals surface area contributed by atoms with Crippen LogP contribution in [0, 0.1) is 5.41 Å². The minimum absolute atomic E-state index is 0.400. The van der Waals surface area contributed by atoms with Gasteiger partial charge in [-0.2, -0.15) is 0 Å². The minimum atomic E-state index is 0.400. The highest BCUT2D eigenvalue weighted by Crippen LogP contribution is 2.34. The van der Waals surface area contributed by atoms with Crippen LogP contribution in [0.25, 0.3) is 0 Å². The Bertz CT molecular complexity index is 236. The smallest absolute Gasteiger partial charge is 0.0309 e. The number of rotatable bonds is 1. The quantitative estimate of drug-likeness (QED) is 0.736. The van der Waals surface area contributed by atoms with Crippen LogP contribution < -0.4 is 5.32 Å². The molecule has 2 nitrogen and oxygen atoms in total. The zero-order chi connectivity index (χ0) is 11.8. The molecule has 0 aromatic rings. The average molecular weight is 224 g/mol. The maximum absolute atomic E-state index is 3.79. The van der Waals surface area contributed by atoms with Gasteiger partial charge in [-0.1, -0.05) is 33.6 Å². The second-order valence-corrected chi connectivity index (χ2v) is 6.93. The van der Waals surface area contributed by atoms with E-state index in [0.717, 1.165) is 0 Å². The van der Waals surface area contributed by atoms with Crippen LogP contribution in [0.2, 0.25) is 0 Å². The first-order chi connectivity index (χ1) is 7.43. The van der Waals surface area contributed by atoms with Crippen molar-refractivity contribution >= 4 is 0 Å². The van der Waals surface area contributed by atoms with E-state index >= 15 is 0 Å². The minimum Gasteiger partial charge on any atom is -0.309 e. The van der Waals surface area contributed by atoms with Gasteiger partial charge in [0.15, 0.2) is 0 Å². The number of nitrogens with zero attached hydrogens (tertiary/aromatic N) is 1. The Morgan fingerprint density at radius 1 is 1.19 bits per heavy atom. The molecule has 2 heteroatoms. The first-order valence-corrected chi connectivity index (χ1v) is 6.92. The van der Waals surface area contributed by atoms with Crippen LogP contribution in [-0.4, -0.2) is 36.1 Å². The highest BCUT2D eigenvalue weighted by Gasteiger charge is 2.40. The van der Waals surface area contributed by atoms with Crippen molar-refractivity contribution in [2.75, 3.05) is 19.6 Å². The van der Waals surface area contributed by atoms with Crippen molar-refractivity contribution in [3.8, 4) is 0 Å². The van der Waals surface area contributed by atoms with E-state index in [-0.39, 0.29) is 0 Å². The normalized spacial score (nSPS) is 28.5. The van der Waals surface area contributed by atoms with Gasteiger partial charge in [0.2, 0.25) is 0 Å². The van der Waals surface area contributed by atoms with Crippen molar-refractivity contribution in [1.29, 1.82) is 0 Å². The summed E-state index contributed by atoms with van der Waals surface area (Å²) in [7, 11) is 0. The number of hydrogen-bond donors (Lipinski definition) is 1. The molecule has 94 valence electrons. The van der Waals surface area contributed by atoms with E-state index in [4.69, 9.17) is 0 Å². The fraction of sp³-hybridized carbons (Fsp3) is 1.00. The second-order valence-electron chi connectivity index (χ2n) is 6.93. The molecule has 1 spiro atoms. The van der Waals surface area contributed by atoms with E-state index in [1.807, 2.05) is 0 Å². The Morgan fingerprint density at radius 3 is 2.38 bits per heavy atom. The predicted octanol–water partition coefficient (Wildman–Crippen LogP) is 2.64. The van der Waals surface area contributed by atoms with Crippen LogP contribution in [0.1, 0.15) is 53.4 Å². The number of piperazine rings is 1. The molecule has 0 aromatic heterocycles. The first kappa shape index (κ1) is 12.4. The fourth-order valence-corrected chi connectivity index (χ4v) is 3.25. The van der Waals surface area contributed by atoms with Gasteiger partial charge in [-0.25, -0.2) is 0 Å². The van der Waals surface area contributed by atoms with Crippen LogP contribution >= 0.6 is 0 Å². The summed E-state index contributed by atoms with van der Waals surface area (Å²) < 4.78 is 0. The van der Waals surface area contributed by atoms with Crippen molar-refractivity contribution < 1.29 is 0 Å². The molecule has 2 aliphatic rings. The maximum atomic E-state index is 3.79. The molecule has 1 N–H and O–H groups in total. The van der Waals surface area contributed by atoms with E-state index in [9.17, 15) is 0 Å². The lowest BCUT2D eigenvalue weighted by atomic mass is 9.84. The molecule has 1 heterocycles. The van der Waals surface area contributed by atoms with E-state index in [1.54, 1.807) is 0 Å². The summed E-state index contributed by atoms with van der Waals surface area (Å²) >= 11 is 0. The lowest BCUT2D eigenvalue weighted by molar-refractivity contribution is 0.0506. The van der Waals surface area contributed by atoms with Crippen molar-refractivity contribution in [3.63, 3.8) is 0 Å². The van der Waals surface area contributed by atoms with E-state index in [2.05, 4.69) is 37.9 Å². The molecule has 1 aliphatic carbocycles. The molecule has 2 rings (SSSR count). The van der Waals surface area contributed by atoms with Crippen LogP contribution in [0.5, 0.6) is 0 Å². The van der Waals surface area contributed by atoms with Gasteiger partial charge >= 0.3 is 0 Å². The summed E-state index contributed by atoms with van der Waals surface area (Å²) in [6.07, 6.45) is 5.62. The molecule has 1 saturated carbocycles. The summed E-state index contributed by atoms with van der Waals surface area (Å²) in [6, 6.07) is 0.687. The molecule has 0 amide bonds. The van der Waals surface area contributed by atoms with Crippen LogP contribution in [-0.2, 0) is 0 Å². The third-order valence-corrected chi connectivity index (χ3v) is 4.77. The topological polar surface area (TPSA) is 15.3 Å². The van der Waals surface area contributed by atoms with Gasteiger partial charge in [0.1, 0.15) is 0 Å². The van der Waals surface area contributed by atoms with Gasteiger partial charge < -0.3 is 5.32 Å². The zero-order valence-electron chi connectivity index (χ0n) is 11.5. The predicted molar refractivity (Wildman–Crippen MR) is 69.7 cm³/mol. The lowest BCUT2D eigenvalue weighted by Gasteiger charge is -2.47. The Labute approximate surface area is 101 Å². The van der Waals surface area contributed by atoms with Crippen molar-refractivity contribution in [1.82, 2.24) is 10.2 Å². The number of nitrogens with one attached hydrogen (secondary N) is 1. The summed E-state index contributed by atoms with van der Waals surface area (Å²) in [4.78, 5) is 2.71. The summed E-state index contributed by atoms with van der Waals surface area (Å²) in [5, 5.41) is 3.79. The maximum Gasteiger partial charge on any atom is 0.0309 e. The summed E-state index contributed by atoms with van der Waals surface area (Å²) in [5.74, 6) is 0. The summed E-state index contributed by atoms with van der Waals surface area (Å²) in [5.41, 5.74) is 0.870. The molecule has 0 aromatic carbocycles. The molecule has 0 bridgehead atoms.